The SMILES string of the molecule is COc1ccc(OC)c([C@@H]2OCCC[C@H]2[Se]c2ccccc2)c1. The van der Waals surface area contributed by atoms with E-state index in [1.54, 1.807) is 14.2 Å². The van der Waals surface area contributed by atoms with Crippen LogP contribution in [0.25, 0.3) is 0 Å². The first-order valence-corrected chi connectivity index (χ1v) is 9.71. The van der Waals surface area contributed by atoms with Gasteiger partial charge in [0.15, 0.2) is 0 Å². The van der Waals surface area contributed by atoms with Crippen LogP contribution in [0.1, 0.15) is 24.5 Å². The van der Waals surface area contributed by atoms with Gasteiger partial charge in [0, 0.05) is 0 Å². The Labute approximate surface area is 144 Å². The number of hydrogen-bond donors (Lipinski definition) is 0. The summed E-state index contributed by atoms with van der Waals surface area (Å²) in [6, 6.07) is 16.7. The molecule has 0 radical (unpaired) electrons. The fourth-order valence-electron chi connectivity index (χ4n) is 2.90. The molecule has 0 N–H and O–H groups in total. The molecule has 2 aromatic rings. The first-order chi connectivity index (χ1) is 11.3. The minimum absolute atomic E-state index is 0.0778. The van der Waals surface area contributed by atoms with Crippen molar-refractivity contribution in [3.63, 3.8) is 0 Å². The molecule has 23 heavy (non-hydrogen) atoms. The van der Waals surface area contributed by atoms with Gasteiger partial charge in [-0.2, -0.15) is 0 Å². The average Bonchev–Trinajstić information content (AvgIpc) is 2.62. The topological polar surface area (TPSA) is 27.7 Å². The fourth-order valence-corrected chi connectivity index (χ4v) is 5.62. The molecule has 1 aliphatic rings. The van der Waals surface area contributed by atoms with E-state index in [9.17, 15) is 0 Å². The Morgan fingerprint density at radius 2 is 1.87 bits per heavy atom. The molecule has 0 amide bonds. The van der Waals surface area contributed by atoms with Crippen LogP contribution in [-0.2, 0) is 4.74 Å². The quantitative estimate of drug-likeness (QED) is 0.748. The molecule has 1 aliphatic heterocycles. The van der Waals surface area contributed by atoms with Crippen LogP contribution < -0.4 is 13.9 Å². The van der Waals surface area contributed by atoms with E-state index >= 15 is 0 Å². The fraction of sp³-hybridized carbons (Fsp3) is 0.368. The Morgan fingerprint density at radius 3 is 2.61 bits per heavy atom. The zero-order valence-electron chi connectivity index (χ0n) is 13.5. The average molecular weight is 377 g/mol. The molecule has 0 spiro atoms. The summed E-state index contributed by atoms with van der Waals surface area (Å²) in [7, 11) is 3.41. The van der Waals surface area contributed by atoms with Crippen molar-refractivity contribution in [1.82, 2.24) is 0 Å². The van der Waals surface area contributed by atoms with Crippen molar-refractivity contribution in [1.29, 1.82) is 0 Å². The summed E-state index contributed by atoms with van der Waals surface area (Å²) in [6.45, 7) is 0.812. The second kappa shape index (κ2) is 7.87. The molecule has 4 heteroatoms. The molecule has 0 aliphatic carbocycles. The normalized spacial score (nSPS) is 21.0. The molecule has 0 saturated carbocycles. The standard InChI is InChI=1S/C19H22O3Se/c1-20-14-10-11-17(21-2)16(13-14)19-18(9-6-12-22-19)23-15-7-4-3-5-8-15/h3-5,7-8,10-11,13,18-19H,6,9,12H2,1-2H3/t18-,19+/m1/s1. The van der Waals surface area contributed by atoms with Gasteiger partial charge in [-0.3, -0.25) is 0 Å². The third kappa shape index (κ3) is 3.89. The van der Waals surface area contributed by atoms with E-state index in [2.05, 4.69) is 36.4 Å². The van der Waals surface area contributed by atoms with Crippen molar-refractivity contribution < 1.29 is 14.2 Å². The van der Waals surface area contributed by atoms with E-state index in [1.165, 1.54) is 10.9 Å². The maximum atomic E-state index is 6.17. The predicted molar refractivity (Wildman–Crippen MR) is 93.1 cm³/mol. The first kappa shape index (κ1) is 16.4. The summed E-state index contributed by atoms with van der Waals surface area (Å²) in [5, 5.41) is 0. The van der Waals surface area contributed by atoms with Crippen LogP contribution in [-0.4, -0.2) is 35.8 Å². The second-order valence-corrected chi connectivity index (χ2v) is 8.26. The Balaban J connectivity index is 1.89. The van der Waals surface area contributed by atoms with Crippen LogP contribution in [0.4, 0.5) is 0 Å². The molecule has 1 saturated heterocycles. The van der Waals surface area contributed by atoms with Crippen LogP contribution in [0.5, 0.6) is 11.5 Å². The van der Waals surface area contributed by atoms with E-state index < -0.39 is 0 Å². The Morgan fingerprint density at radius 1 is 1.04 bits per heavy atom. The molecule has 1 fully saturated rings. The molecule has 3 rings (SSSR count). The van der Waals surface area contributed by atoms with Crippen molar-refractivity contribution in [2.75, 3.05) is 20.8 Å². The van der Waals surface area contributed by atoms with E-state index in [0.29, 0.717) is 19.8 Å². The summed E-state index contributed by atoms with van der Waals surface area (Å²) in [6.07, 6.45) is 2.40. The zero-order valence-corrected chi connectivity index (χ0v) is 15.2. The third-order valence-electron chi connectivity index (χ3n) is 4.04. The Hall–Kier alpha value is -1.48. The van der Waals surface area contributed by atoms with E-state index in [0.717, 1.165) is 30.1 Å². The number of rotatable bonds is 5. The molecule has 0 bridgehead atoms. The van der Waals surface area contributed by atoms with Gasteiger partial charge in [-0.15, -0.1) is 0 Å². The predicted octanol–water partition coefficient (Wildman–Crippen LogP) is 3.37. The van der Waals surface area contributed by atoms with Gasteiger partial charge in [0.25, 0.3) is 0 Å². The molecular formula is C19H22O3Se. The van der Waals surface area contributed by atoms with E-state index in [4.69, 9.17) is 14.2 Å². The molecule has 0 aromatic heterocycles. The van der Waals surface area contributed by atoms with Crippen molar-refractivity contribution in [2.45, 2.75) is 23.8 Å². The molecule has 3 nitrogen and oxygen atoms in total. The van der Waals surface area contributed by atoms with Crippen LogP contribution in [0.2, 0.25) is 4.82 Å². The number of hydrogen-bond acceptors (Lipinski definition) is 3. The number of ether oxygens (including phenoxy) is 3. The van der Waals surface area contributed by atoms with E-state index in [-0.39, 0.29) is 6.10 Å². The summed E-state index contributed by atoms with van der Waals surface area (Å²) in [4.78, 5) is 0.514. The van der Waals surface area contributed by atoms with Crippen molar-refractivity contribution in [2.24, 2.45) is 0 Å². The summed E-state index contributed by atoms with van der Waals surface area (Å²) in [5.41, 5.74) is 1.11. The van der Waals surface area contributed by atoms with Gasteiger partial charge < -0.3 is 0 Å². The monoisotopic (exact) mass is 378 g/mol. The van der Waals surface area contributed by atoms with Crippen molar-refractivity contribution in [3.8, 4) is 11.5 Å². The molecule has 0 unspecified atom stereocenters. The first-order valence-electron chi connectivity index (χ1n) is 7.87. The van der Waals surface area contributed by atoms with Crippen molar-refractivity contribution >= 4 is 19.4 Å². The van der Waals surface area contributed by atoms with Gasteiger partial charge in [-0.25, -0.2) is 0 Å². The maximum absolute atomic E-state index is 6.17. The van der Waals surface area contributed by atoms with E-state index in [1.807, 2.05) is 12.1 Å². The minimum atomic E-state index is 0.0778. The molecule has 122 valence electrons. The van der Waals surface area contributed by atoms with Crippen LogP contribution >= 0.6 is 0 Å². The Bertz CT molecular complexity index is 630. The van der Waals surface area contributed by atoms with Gasteiger partial charge in [0.2, 0.25) is 0 Å². The molecule has 2 aromatic carbocycles. The van der Waals surface area contributed by atoms with Gasteiger partial charge in [0.1, 0.15) is 0 Å². The van der Waals surface area contributed by atoms with Crippen LogP contribution in [0.15, 0.2) is 48.5 Å². The van der Waals surface area contributed by atoms with Gasteiger partial charge in [-0.1, -0.05) is 0 Å². The molecular weight excluding hydrogens is 355 g/mol. The summed E-state index contributed by atoms with van der Waals surface area (Å²) >= 11 is 0.375. The van der Waals surface area contributed by atoms with Gasteiger partial charge in [0.05, 0.1) is 0 Å². The number of methoxy groups -OCH3 is 2. The molecule has 2 atom stereocenters. The van der Waals surface area contributed by atoms with Crippen LogP contribution in [0.3, 0.4) is 0 Å². The summed E-state index contributed by atoms with van der Waals surface area (Å²) in [5.74, 6) is 1.73. The van der Waals surface area contributed by atoms with Crippen LogP contribution in [0, 0.1) is 0 Å². The van der Waals surface area contributed by atoms with Crippen molar-refractivity contribution in [3.05, 3.63) is 54.1 Å². The summed E-state index contributed by atoms with van der Waals surface area (Å²) < 4.78 is 18.6. The van der Waals surface area contributed by atoms with Gasteiger partial charge >= 0.3 is 144 Å². The Kier molecular flexibility index (Phi) is 5.60. The second-order valence-electron chi connectivity index (χ2n) is 5.51. The third-order valence-corrected chi connectivity index (χ3v) is 6.83. The molecule has 1 heterocycles. The number of benzene rings is 2. The zero-order chi connectivity index (χ0) is 16.1. The van der Waals surface area contributed by atoms with Gasteiger partial charge in [-0.05, 0) is 0 Å².